The predicted octanol–water partition coefficient (Wildman–Crippen LogP) is 2.09. The summed E-state index contributed by atoms with van der Waals surface area (Å²) in [4.78, 5) is 13.1. The zero-order valence-electron chi connectivity index (χ0n) is 10.5. The van der Waals surface area contributed by atoms with Gasteiger partial charge in [0, 0.05) is 31.4 Å². The van der Waals surface area contributed by atoms with Gasteiger partial charge in [0.2, 0.25) is 5.91 Å². The molecule has 3 nitrogen and oxygen atoms in total. The lowest BCUT2D eigenvalue weighted by Gasteiger charge is -2.19. The first-order valence-electron chi connectivity index (χ1n) is 6.20. The van der Waals surface area contributed by atoms with Crippen LogP contribution in [0, 0.1) is 17.6 Å². The molecule has 1 unspecified atom stereocenters. The normalized spacial score (nSPS) is 18.4. The second-order valence-corrected chi connectivity index (χ2v) is 4.65. The first kappa shape index (κ1) is 13.5. The van der Waals surface area contributed by atoms with Crippen molar-refractivity contribution in [3.05, 3.63) is 42.5 Å². The summed E-state index contributed by atoms with van der Waals surface area (Å²) in [7, 11) is 0. The van der Waals surface area contributed by atoms with Crippen LogP contribution in [-0.4, -0.2) is 25.5 Å². The average molecular weight is 266 g/mol. The Morgan fingerprint density at radius 1 is 1.47 bits per heavy atom. The maximum absolute atomic E-state index is 13.2. The number of nitrogens with zero attached hydrogens (tertiary/aromatic N) is 1. The van der Waals surface area contributed by atoms with Crippen molar-refractivity contribution in [3.63, 3.8) is 0 Å². The van der Waals surface area contributed by atoms with Crippen LogP contribution in [0.15, 0.2) is 30.9 Å². The van der Waals surface area contributed by atoms with Crippen LogP contribution in [0.4, 0.5) is 14.5 Å². The number of halogens is 2. The summed E-state index contributed by atoms with van der Waals surface area (Å²) in [5.74, 6) is -1.54. The van der Waals surface area contributed by atoms with Crippen LogP contribution >= 0.6 is 0 Å². The van der Waals surface area contributed by atoms with Gasteiger partial charge in [0.1, 0.15) is 0 Å². The molecule has 5 heteroatoms. The van der Waals surface area contributed by atoms with Gasteiger partial charge in [-0.2, -0.15) is 0 Å². The van der Waals surface area contributed by atoms with Gasteiger partial charge in [0.25, 0.3) is 0 Å². The van der Waals surface area contributed by atoms with Crippen molar-refractivity contribution in [2.75, 3.05) is 24.5 Å². The molecular formula is C14H16F2N2O. The Kier molecular flexibility index (Phi) is 4.14. The molecule has 1 aliphatic heterocycles. The summed E-state index contributed by atoms with van der Waals surface area (Å²) in [5.41, 5.74) is 0.677. The molecule has 1 aromatic rings. The molecule has 1 aliphatic rings. The van der Waals surface area contributed by atoms with Gasteiger partial charge >= 0.3 is 0 Å². The predicted molar refractivity (Wildman–Crippen MR) is 69.9 cm³/mol. The van der Waals surface area contributed by atoms with E-state index in [0.29, 0.717) is 18.2 Å². The van der Waals surface area contributed by atoms with Gasteiger partial charge in [-0.25, -0.2) is 8.78 Å². The van der Waals surface area contributed by atoms with Crippen molar-refractivity contribution in [1.29, 1.82) is 0 Å². The van der Waals surface area contributed by atoms with Crippen LogP contribution in [-0.2, 0) is 4.79 Å². The first-order chi connectivity index (χ1) is 9.10. The van der Waals surface area contributed by atoms with Crippen molar-refractivity contribution in [1.82, 2.24) is 5.32 Å². The minimum Gasteiger partial charge on any atom is -0.371 e. The molecule has 0 radical (unpaired) electrons. The van der Waals surface area contributed by atoms with E-state index in [2.05, 4.69) is 11.9 Å². The van der Waals surface area contributed by atoms with Gasteiger partial charge in [0.05, 0.1) is 0 Å². The number of nitrogens with one attached hydrogen (secondary N) is 1. The smallest absolute Gasteiger partial charge is 0.243 e. The van der Waals surface area contributed by atoms with Crippen LogP contribution in [0.2, 0.25) is 0 Å². The standard InChI is InChI=1S/C14H16F2N2O/c1-2-14(19)17-8-10-5-6-18(9-10)11-3-4-12(15)13(16)7-11/h2-4,7,10H,1,5-6,8-9H2,(H,17,19). The highest BCUT2D eigenvalue weighted by Crippen LogP contribution is 2.24. The van der Waals surface area contributed by atoms with Gasteiger partial charge in [-0.3, -0.25) is 4.79 Å². The van der Waals surface area contributed by atoms with E-state index in [-0.39, 0.29) is 5.91 Å². The lowest BCUT2D eigenvalue weighted by Crippen LogP contribution is -2.29. The van der Waals surface area contributed by atoms with Crippen molar-refractivity contribution in [2.24, 2.45) is 5.92 Å². The third-order valence-corrected chi connectivity index (χ3v) is 3.30. The summed E-state index contributed by atoms with van der Waals surface area (Å²) in [6, 6.07) is 3.92. The number of anilines is 1. The largest absolute Gasteiger partial charge is 0.371 e. The van der Waals surface area contributed by atoms with E-state index in [0.717, 1.165) is 25.6 Å². The quantitative estimate of drug-likeness (QED) is 0.846. The lowest BCUT2D eigenvalue weighted by molar-refractivity contribution is -0.116. The van der Waals surface area contributed by atoms with Crippen LogP contribution in [0.5, 0.6) is 0 Å². The maximum atomic E-state index is 13.2. The molecule has 19 heavy (non-hydrogen) atoms. The van der Waals surface area contributed by atoms with Gasteiger partial charge < -0.3 is 10.2 Å². The van der Waals surface area contributed by atoms with Crippen molar-refractivity contribution in [2.45, 2.75) is 6.42 Å². The van der Waals surface area contributed by atoms with Crippen LogP contribution in [0.25, 0.3) is 0 Å². The average Bonchev–Trinajstić information content (AvgIpc) is 2.88. The Morgan fingerprint density at radius 2 is 2.26 bits per heavy atom. The van der Waals surface area contributed by atoms with E-state index < -0.39 is 11.6 Å². The molecule has 0 aliphatic carbocycles. The molecule has 1 heterocycles. The minimum absolute atomic E-state index is 0.189. The van der Waals surface area contributed by atoms with E-state index in [4.69, 9.17) is 0 Å². The monoisotopic (exact) mass is 266 g/mol. The van der Waals surface area contributed by atoms with E-state index >= 15 is 0 Å². The van der Waals surface area contributed by atoms with Gasteiger partial charge in [-0.15, -0.1) is 0 Å². The fourth-order valence-corrected chi connectivity index (χ4v) is 2.23. The minimum atomic E-state index is -0.835. The zero-order chi connectivity index (χ0) is 13.8. The fraction of sp³-hybridized carbons (Fsp3) is 0.357. The molecule has 1 saturated heterocycles. The molecule has 1 amide bonds. The van der Waals surface area contributed by atoms with Crippen molar-refractivity contribution >= 4 is 11.6 Å². The first-order valence-corrected chi connectivity index (χ1v) is 6.20. The second-order valence-electron chi connectivity index (χ2n) is 4.65. The molecule has 1 fully saturated rings. The molecule has 0 saturated carbocycles. The Balaban J connectivity index is 1.92. The van der Waals surface area contributed by atoms with Gasteiger partial charge in [0.15, 0.2) is 11.6 Å². The summed E-state index contributed by atoms with van der Waals surface area (Å²) < 4.78 is 26.0. The molecule has 1 atom stereocenters. The van der Waals surface area contributed by atoms with E-state index in [1.165, 1.54) is 12.1 Å². The summed E-state index contributed by atoms with van der Waals surface area (Å²) in [5, 5.41) is 2.75. The highest BCUT2D eigenvalue weighted by atomic mass is 19.2. The van der Waals surface area contributed by atoms with Gasteiger partial charge in [-0.05, 0) is 30.5 Å². The van der Waals surface area contributed by atoms with Crippen LogP contribution in [0.3, 0.4) is 0 Å². The number of amides is 1. The Hall–Kier alpha value is -1.91. The Labute approximate surface area is 110 Å². The fourth-order valence-electron chi connectivity index (χ4n) is 2.23. The zero-order valence-corrected chi connectivity index (χ0v) is 10.5. The SMILES string of the molecule is C=CC(=O)NCC1CCN(c2ccc(F)c(F)c2)C1. The molecule has 1 aromatic carbocycles. The number of carbonyl (C=O) groups excluding carboxylic acids is 1. The molecule has 2 rings (SSSR count). The highest BCUT2D eigenvalue weighted by Gasteiger charge is 2.23. The van der Waals surface area contributed by atoms with Crippen molar-refractivity contribution < 1.29 is 13.6 Å². The molecule has 0 bridgehead atoms. The maximum Gasteiger partial charge on any atom is 0.243 e. The van der Waals surface area contributed by atoms with E-state index in [1.807, 2.05) is 4.90 Å². The van der Waals surface area contributed by atoms with E-state index in [9.17, 15) is 13.6 Å². The highest BCUT2D eigenvalue weighted by molar-refractivity contribution is 5.86. The number of hydrogen-bond donors (Lipinski definition) is 1. The number of rotatable bonds is 4. The van der Waals surface area contributed by atoms with Crippen molar-refractivity contribution in [3.8, 4) is 0 Å². The van der Waals surface area contributed by atoms with Crippen LogP contribution in [0.1, 0.15) is 6.42 Å². The number of benzene rings is 1. The Morgan fingerprint density at radius 3 is 2.95 bits per heavy atom. The van der Waals surface area contributed by atoms with E-state index in [1.54, 1.807) is 6.07 Å². The van der Waals surface area contributed by atoms with Gasteiger partial charge in [-0.1, -0.05) is 6.58 Å². The summed E-state index contributed by atoms with van der Waals surface area (Å²) in [6.45, 7) is 5.46. The molecule has 0 spiro atoms. The molecule has 102 valence electrons. The third kappa shape index (κ3) is 3.30. The molecule has 0 aromatic heterocycles. The summed E-state index contributed by atoms with van der Waals surface area (Å²) in [6.07, 6.45) is 2.15. The number of hydrogen-bond acceptors (Lipinski definition) is 2. The summed E-state index contributed by atoms with van der Waals surface area (Å²) >= 11 is 0. The molecule has 1 N–H and O–H groups in total. The lowest BCUT2D eigenvalue weighted by atomic mass is 10.1. The third-order valence-electron chi connectivity index (χ3n) is 3.30. The topological polar surface area (TPSA) is 32.3 Å². The number of carbonyl (C=O) groups is 1. The molecular weight excluding hydrogens is 250 g/mol. The Bertz CT molecular complexity index is 490. The van der Waals surface area contributed by atoms with Crippen LogP contribution < -0.4 is 10.2 Å². The second kappa shape index (κ2) is 5.82.